The van der Waals surface area contributed by atoms with Crippen LogP contribution in [0.2, 0.25) is 10.0 Å². The van der Waals surface area contributed by atoms with E-state index in [4.69, 9.17) is 32.5 Å². The number of amides is 1. The normalized spacial score (nSPS) is 20.0. The van der Waals surface area contributed by atoms with E-state index < -0.39 is 51.2 Å². The summed E-state index contributed by atoms with van der Waals surface area (Å²) in [5, 5.41) is 5.45. The molecule has 6 nitrogen and oxygen atoms in total. The van der Waals surface area contributed by atoms with E-state index in [1.165, 1.54) is 18.2 Å². The number of rotatable bonds is 4. The van der Waals surface area contributed by atoms with Crippen molar-refractivity contribution in [1.29, 1.82) is 0 Å². The van der Waals surface area contributed by atoms with Gasteiger partial charge in [0, 0.05) is 35.0 Å². The molecule has 1 fully saturated rings. The average Bonchev–Trinajstić information content (AvgIpc) is 3.48. The molecule has 2 aliphatic rings. The molecule has 3 aromatic rings. The summed E-state index contributed by atoms with van der Waals surface area (Å²) in [5.74, 6) is -1.53. The van der Waals surface area contributed by atoms with Crippen LogP contribution in [0, 0.1) is 5.82 Å². The van der Waals surface area contributed by atoms with E-state index in [2.05, 4.69) is 10.5 Å². The van der Waals surface area contributed by atoms with Gasteiger partial charge < -0.3 is 14.6 Å². The van der Waals surface area contributed by atoms with Crippen molar-refractivity contribution in [3.63, 3.8) is 0 Å². The number of alkyl halides is 3. The second-order valence-corrected chi connectivity index (χ2v) is 9.10. The van der Waals surface area contributed by atoms with Gasteiger partial charge in [-0.05, 0) is 37.1 Å². The third-order valence-corrected chi connectivity index (χ3v) is 6.44. The summed E-state index contributed by atoms with van der Waals surface area (Å²) in [6, 6.07) is 6.78. The summed E-state index contributed by atoms with van der Waals surface area (Å²) >= 11 is 11.5. The molecule has 1 unspecified atom stereocenters. The van der Waals surface area contributed by atoms with E-state index >= 15 is 0 Å². The molecule has 1 amide bonds. The smallest absolute Gasteiger partial charge is 0.422 e. The van der Waals surface area contributed by atoms with Gasteiger partial charge in [0.25, 0.3) is 11.5 Å². The van der Waals surface area contributed by atoms with E-state index in [9.17, 15) is 27.2 Å². The van der Waals surface area contributed by atoms with E-state index in [-0.39, 0.29) is 33.8 Å². The SMILES string of the molecule is O=C(NC1CC1)c1ccc(C2=NOC(c3cc(Cl)c(F)c(Cl)c3)(C(F)(F)F)C2)c2ccc(=O)oc12. The molecule has 0 bridgehead atoms. The first-order valence-electron chi connectivity index (χ1n) is 10.3. The number of fused-ring (bicyclic) bond motifs is 1. The van der Waals surface area contributed by atoms with Gasteiger partial charge in [0.2, 0.25) is 0 Å². The first kappa shape index (κ1) is 23.6. The first-order valence-corrected chi connectivity index (χ1v) is 11.1. The maximum absolute atomic E-state index is 14.3. The molecule has 182 valence electrons. The lowest BCUT2D eigenvalue weighted by molar-refractivity contribution is -0.275. The predicted molar refractivity (Wildman–Crippen MR) is 119 cm³/mol. The van der Waals surface area contributed by atoms with E-state index in [0.29, 0.717) is 0 Å². The summed E-state index contributed by atoms with van der Waals surface area (Å²) in [5.41, 5.74) is -4.26. The highest BCUT2D eigenvalue weighted by atomic mass is 35.5. The lowest BCUT2D eigenvalue weighted by Gasteiger charge is -2.29. The Bertz CT molecular complexity index is 1440. The van der Waals surface area contributed by atoms with Crippen molar-refractivity contribution >= 4 is 45.8 Å². The fraction of sp³-hybridized carbons (Fsp3) is 0.261. The second kappa shape index (κ2) is 8.23. The molecule has 1 aromatic heterocycles. The van der Waals surface area contributed by atoms with Gasteiger partial charge >= 0.3 is 11.8 Å². The van der Waals surface area contributed by atoms with Gasteiger partial charge in [0.15, 0.2) is 11.4 Å². The van der Waals surface area contributed by atoms with Crippen molar-refractivity contribution in [2.45, 2.75) is 37.1 Å². The number of carbonyl (C=O) groups excluding carboxylic acids is 1. The first-order chi connectivity index (χ1) is 16.5. The van der Waals surface area contributed by atoms with Crippen molar-refractivity contribution in [2.24, 2.45) is 5.16 Å². The van der Waals surface area contributed by atoms with Gasteiger partial charge in [0.1, 0.15) is 0 Å². The maximum Gasteiger partial charge on any atom is 0.435 e. The minimum atomic E-state index is -4.99. The summed E-state index contributed by atoms with van der Waals surface area (Å²) in [4.78, 5) is 29.5. The van der Waals surface area contributed by atoms with E-state index in [1.807, 2.05) is 0 Å². The minimum absolute atomic E-state index is 0.0297. The van der Waals surface area contributed by atoms with Gasteiger partial charge in [-0.15, -0.1) is 0 Å². The lowest BCUT2D eigenvalue weighted by Crippen LogP contribution is -2.42. The Morgan fingerprint density at radius 3 is 2.43 bits per heavy atom. The topological polar surface area (TPSA) is 80.9 Å². The molecule has 1 saturated carbocycles. The molecule has 12 heteroatoms. The molecule has 0 saturated heterocycles. The zero-order valence-electron chi connectivity index (χ0n) is 17.5. The molecule has 1 N–H and O–H groups in total. The van der Waals surface area contributed by atoms with Crippen LogP contribution in [0.5, 0.6) is 0 Å². The highest BCUT2D eigenvalue weighted by molar-refractivity contribution is 6.35. The number of nitrogens with one attached hydrogen (secondary N) is 1. The molecule has 5 rings (SSSR count). The molecule has 2 aromatic carbocycles. The van der Waals surface area contributed by atoms with Gasteiger partial charge in [-0.25, -0.2) is 9.18 Å². The van der Waals surface area contributed by atoms with Crippen molar-refractivity contribution in [2.75, 3.05) is 0 Å². The Hall–Kier alpha value is -3.11. The number of carbonyl (C=O) groups is 1. The van der Waals surface area contributed by atoms with Crippen molar-refractivity contribution in [3.05, 3.63) is 79.4 Å². The molecule has 1 aliphatic carbocycles. The van der Waals surface area contributed by atoms with E-state index in [0.717, 1.165) is 31.0 Å². The van der Waals surface area contributed by atoms with Crippen LogP contribution >= 0.6 is 23.2 Å². The Morgan fingerprint density at radius 2 is 1.80 bits per heavy atom. The number of nitrogens with zero attached hydrogens (tertiary/aromatic N) is 1. The fourth-order valence-electron chi connectivity index (χ4n) is 3.92. The number of oxime groups is 1. The van der Waals surface area contributed by atoms with Gasteiger partial charge in [-0.3, -0.25) is 4.79 Å². The third kappa shape index (κ3) is 4.04. The van der Waals surface area contributed by atoms with Gasteiger partial charge in [0.05, 0.1) is 21.3 Å². The Balaban J connectivity index is 1.60. The second-order valence-electron chi connectivity index (χ2n) is 8.29. The predicted octanol–water partition coefficient (Wildman–Crippen LogP) is 5.71. The van der Waals surface area contributed by atoms with Crippen molar-refractivity contribution in [1.82, 2.24) is 5.32 Å². The van der Waals surface area contributed by atoms with Crippen LogP contribution in [0.15, 0.2) is 50.8 Å². The zero-order valence-corrected chi connectivity index (χ0v) is 19.0. The molecule has 1 atom stereocenters. The number of benzene rings is 2. The molecular weight excluding hydrogens is 515 g/mol. The molecular formula is C23H14Cl2F4N2O4. The molecule has 0 spiro atoms. The average molecular weight is 529 g/mol. The van der Waals surface area contributed by atoms with Crippen LogP contribution in [0.3, 0.4) is 0 Å². The van der Waals surface area contributed by atoms with Crippen molar-refractivity contribution < 1.29 is 31.6 Å². The molecule has 0 radical (unpaired) electrons. The summed E-state index contributed by atoms with van der Waals surface area (Å²) in [6.45, 7) is 0. The largest absolute Gasteiger partial charge is 0.435 e. The molecule has 35 heavy (non-hydrogen) atoms. The summed E-state index contributed by atoms with van der Waals surface area (Å²) < 4.78 is 62.1. The van der Waals surface area contributed by atoms with Crippen molar-refractivity contribution in [3.8, 4) is 0 Å². The van der Waals surface area contributed by atoms with Crippen LogP contribution in [-0.2, 0) is 10.4 Å². The molecule has 1 aliphatic heterocycles. The maximum atomic E-state index is 14.3. The highest BCUT2D eigenvalue weighted by Gasteiger charge is 2.62. The Morgan fingerprint density at radius 1 is 1.11 bits per heavy atom. The van der Waals surface area contributed by atoms with Crippen LogP contribution in [0.25, 0.3) is 11.0 Å². The van der Waals surface area contributed by atoms with Crippen LogP contribution in [0.1, 0.15) is 40.7 Å². The number of hydrogen-bond donors (Lipinski definition) is 1. The Labute approximate surface area is 204 Å². The van der Waals surface area contributed by atoms with Crippen LogP contribution < -0.4 is 10.9 Å². The van der Waals surface area contributed by atoms with Gasteiger partial charge in [-0.2, -0.15) is 13.2 Å². The molecule has 2 heterocycles. The van der Waals surface area contributed by atoms with Gasteiger partial charge in [-0.1, -0.05) is 34.4 Å². The number of hydrogen-bond acceptors (Lipinski definition) is 5. The fourth-order valence-corrected chi connectivity index (χ4v) is 4.41. The number of halogens is 6. The lowest BCUT2D eigenvalue weighted by atomic mass is 9.85. The standard InChI is InChI=1S/C23H14Cl2F4N2O4/c24-15-7-10(8-16(25)19(15)26)22(23(27,28)29)9-17(31-35-22)12-3-4-14(21(33)30-11-1-2-11)20-13(12)5-6-18(32)34-20/h3-8,11H,1-2,9H2,(H,30,33). The minimum Gasteiger partial charge on any atom is -0.422 e. The quantitative estimate of drug-likeness (QED) is 0.267. The highest BCUT2D eigenvalue weighted by Crippen LogP contribution is 2.50. The monoisotopic (exact) mass is 528 g/mol. The van der Waals surface area contributed by atoms with Crippen LogP contribution in [-0.4, -0.2) is 23.8 Å². The van der Waals surface area contributed by atoms with Crippen LogP contribution in [0.4, 0.5) is 17.6 Å². The summed E-state index contributed by atoms with van der Waals surface area (Å²) in [7, 11) is 0. The zero-order chi connectivity index (χ0) is 25.1. The third-order valence-electron chi connectivity index (χ3n) is 5.89. The van der Waals surface area contributed by atoms with E-state index in [1.54, 1.807) is 0 Å². The summed E-state index contributed by atoms with van der Waals surface area (Å²) in [6.07, 6.45) is -4.14. The Kier molecular flexibility index (Phi) is 5.56.